The van der Waals surface area contributed by atoms with Crippen LogP contribution in [0.1, 0.15) is 26.7 Å². The molecule has 0 radical (unpaired) electrons. The van der Waals surface area contributed by atoms with E-state index in [1.54, 1.807) is 0 Å². The molecule has 15 heavy (non-hydrogen) atoms. The second-order valence-electron chi connectivity index (χ2n) is 4.86. The van der Waals surface area contributed by atoms with Gasteiger partial charge in [-0.1, -0.05) is 18.7 Å². The van der Waals surface area contributed by atoms with E-state index in [1.807, 2.05) is 11.8 Å². The first-order valence-corrected chi connectivity index (χ1v) is 6.70. The van der Waals surface area contributed by atoms with Crippen LogP contribution in [0.2, 0.25) is 0 Å². The lowest BCUT2D eigenvalue weighted by atomic mass is 9.93. The Labute approximate surface area is 96.1 Å². The largest absolute Gasteiger partial charge is 0.381 e. The van der Waals surface area contributed by atoms with Crippen molar-refractivity contribution in [3.05, 3.63) is 0 Å². The fraction of sp³-hybridized carbons (Fsp3) is 0.909. The van der Waals surface area contributed by atoms with Gasteiger partial charge in [0.25, 0.3) is 0 Å². The standard InChI is InChI=1S/C11H20N2OS/c1-9-7-12-10(15-8-9)13-11(2)3-5-14-6-4-11/h9H,3-8H2,1-2H3,(H,12,13). The molecule has 86 valence electrons. The van der Waals surface area contributed by atoms with Crippen LogP contribution in [0, 0.1) is 5.92 Å². The normalized spacial score (nSPS) is 30.8. The molecule has 1 N–H and O–H groups in total. The van der Waals surface area contributed by atoms with Gasteiger partial charge in [0.1, 0.15) is 0 Å². The topological polar surface area (TPSA) is 33.6 Å². The molecule has 1 unspecified atom stereocenters. The molecule has 0 aromatic heterocycles. The zero-order valence-electron chi connectivity index (χ0n) is 9.58. The maximum atomic E-state index is 5.38. The van der Waals surface area contributed by atoms with Crippen molar-refractivity contribution in [2.75, 3.05) is 25.5 Å². The predicted molar refractivity (Wildman–Crippen MR) is 65.5 cm³/mol. The molecule has 0 aromatic carbocycles. The minimum Gasteiger partial charge on any atom is -0.381 e. The van der Waals surface area contributed by atoms with Gasteiger partial charge in [-0.15, -0.1) is 0 Å². The number of ether oxygens (including phenoxy) is 1. The number of hydrogen-bond acceptors (Lipinski definition) is 4. The number of rotatable bonds is 1. The van der Waals surface area contributed by atoms with E-state index in [2.05, 4.69) is 24.2 Å². The van der Waals surface area contributed by atoms with Gasteiger partial charge in [-0.05, 0) is 25.7 Å². The lowest BCUT2D eigenvalue weighted by Gasteiger charge is -2.36. The third kappa shape index (κ3) is 3.11. The lowest BCUT2D eigenvalue weighted by molar-refractivity contribution is 0.0527. The molecule has 3 nitrogen and oxygen atoms in total. The maximum absolute atomic E-state index is 5.38. The Balaban J connectivity index is 1.90. The van der Waals surface area contributed by atoms with Crippen molar-refractivity contribution in [3.63, 3.8) is 0 Å². The lowest BCUT2D eigenvalue weighted by Crippen LogP contribution is -2.49. The molecule has 4 heteroatoms. The summed E-state index contributed by atoms with van der Waals surface area (Å²) in [5.41, 5.74) is 0.199. The highest BCUT2D eigenvalue weighted by Gasteiger charge is 2.29. The van der Waals surface area contributed by atoms with Crippen molar-refractivity contribution < 1.29 is 4.74 Å². The quantitative estimate of drug-likeness (QED) is 0.744. The van der Waals surface area contributed by atoms with Gasteiger partial charge in [0, 0.05) is 31.1 Å². The van der Waals surface area contributed by atoms with Gasteiger partial charge < -0.3 is 10.1 Å². The highest BCUT2D eigenvalue weighted by molar-refractivity contribution is 8.13. The van der Waals surface area contributed by atoms with Crippen LogP contribution in [0.5, 0.6) is 0 Å². The van der Waals surface area contributed by atoms with E-state index in [9.17, 15) is 0 Å². The molecule has 1 atom stereocenters. The first kappa shape index (κ1) is 11.3. The van der Waals surface area contributed by atoms with Gasteiger partial charge in [-0.25, -0.2) is 0 Å². The molecule has 0 aromatic rings. The van der Waals surface area contributed by atoms with E-state index in [1.165, 1.54) is 5.75 Å². The smallest absolute Gasteiger partial charge is 0.156 e. The summed E-state index contributed by atoms with van der Waals surface area (Å²) in [4.78, 5) is 4.58. The predicted octanol–water partition coefficient (Wildman–Crippen LogP) is 1.88. The molecule has 2 aliphatic rings. The molecular weight excluding hydrogens is 208 g/mol. The van der Waals surface area contributed by atoms with E-state index >= 15 is 0 Å². The Hall–Kier alpha value is -0.220. The number of aliphatic imine (C=N–C) groups is 1. The van der Waals surface area contributed by atoms with E-state index in [-0.39, 0.29) is 5.54 Å². The molecule has 0 spiro atoms. The van der Waals surface area contributed by atoms with Crippen LogP contribution < -0.4 is 5.32 Å². The Morgan fingerprint density at radius 2 is 2.20 bits per heavy atom. The summed E-state index contributed by atoms with van der Waals surface area (Å²) in [6.07, 6.45) is 2.17. The number of nitrogens with zero attached hydrogens (tertiary/aromatic N) is 1. The van der Waals surface area contributed by atoms with Crippen molar-refractivity contribution in [2.24, 2.45) is 10.9 Å². The summed E-state index contributed by atoms with van der Waals surface area (Å²) in [6.45, 7) is 7.25. The van der Waals surface area contributed by atoms with Crippen LogP contribution in [-0.2, 0) is 4.74 Å². The van der Waals surface area contributed by atoms with Crippen molar-refractivity contribution >= 4 is 16.9 Å². The molecule has 0 aliphatic carbocycles. The third-order valence-electron chi connectivity index (χ3n) is 3.06. The maximum Gasteiger partial charge on any atom is 0.156 e. The fourth-order valence-electron chi connectivity index (χ4n) is 1.84. The van der Waals surface area contributed by atoms with Gasteiger partial charge >= 0.3 is 0 Å². The van der Waals surface area contributed by atoms with Crippen LogP contribution in [-0.4, -0.2) is 36.2 Å². The first-order valence-electron chi connectivity index (χ1n) is 5.71. The zero-order chi connectivity index (χ0) is 10.7. The van der Waals surface area contributed by atoms with E-state index in [0.717, 1.165) is 43.7 Å². The molecule has 0 amide bonds. The van der Waals surface area contributed by atoms with Gasteiger partial charge in [-0.2, -0.15) is 0 Å². The van der Waals surface area contributed by atoms with Crippen molar-refractivity contribution in [1.82, 2.24) is 5.32 Å². The molecule has 1 saturated heterocycles. The molecular formula is C11H20N2OS. The number of nitrogens with one attached hydrogen (secondary N) is 1. The Morgan fingerprint density at radius 3 is 2.80 bits per heavy atom. The van der Waals surface area contributed by atoms with Gasteiger partial charge in [0.2, 0.25) is 0 Å². The second kappa shape index (κ2) is 4.74. The number of thioether (sulfide) groups is 1. The summed E-state index contributed by atoms with van der Waals surface area (Å²) in [5, 5.41) is 4.72. The van der Waals surface area contributed by atoms with Gasteiger partial charge in [-0.3, -0.25) is 4.99 Å². The summed E-state index contributed by atoms with van der Waals surface area (Å²) in [7, 11) is 0. The summed E-state index contributed by atoms with van der Waals surface area (Å²) >= 11 is 1.86. The van der Waals surface area contributed by atoms with Crippen LogP contribution in [0.15, 0.2) is 4.99 Å². The van der Waals surface area contributed by atoms with Crippen LogP contribution in [0.3, 0.4) is 0 Å². The second-order valence-corrected chi connectivity index (χ2v) is 5.87. The monoisotopic (exact) mass is 228 g/mol. The highest BCUT2D eigenvalue weighted by Crippen LogP contribution is 2.23. The third-order valence-corrected chi connectivity index (χ3v) is 4.30. The number of amidine groups is 1. The molecule has 2 rings (SSSR count). The van der Waals surface area contributed by atoms with Crippen LogP contribution in [0.25, 0.3) is 0 Å². The van der Waals surface area contributed by atoms with Crippen molar-refractivity contribution in [3.8, 4) is 0 Å². The van der Waals surface area contributed by atoms with Crippen LogP contribution >= 0.6 is 11.8 Å². The van der Waals surface area contributed by atoms with E-state index in [4.69, 9.17) is 4.74 Å². The van der Waals surface area contributed by atoms with Crippen molar-refractivity contribution in [1.29, 1.82) is 0 Å². The minimum atomic E-state index is 0.199. The van der Waals surface area contributed by atoms with Gasteiger partial charge in [0.15, 0.2) is 5.17 Å². The Kier molecular flexibility index (Phi) is 3.57. The average molecular weight is 228 g/mol. The minimum absolute atomic E-state index is 0.199. The van der Waals surface area contributed by atoms with Gasteiger partial charge in [0.05, 0.1) is 0 Å². The summed E-state index contributed by atoms with van der Waals surface area (Å²) in [5.74, 6) is 1.92. The highest BCUT2D eigenvalue weighted by atomic mass is 32.2. The van der Waals surface area contributed by atoms with E-state index < -0.39 is 0 Å². The Bertz CT molecular complexity index is 249. The fourth-order valence-corrected chi connectivity index (χ4v) is 2.87. The molecule has 0 saturated carbocycles. The summed E-state index contributed by atoms with van der Waals surface area (Å²) < 4.78 is 5.38. The molecule has 1 fully saturated rings. The molecule has 0 bridgehead atoms. The zero-order valence-corrected chi connectivity index (χ0v) is 10.4. The van der Waals surface area contributed by atoms with E-state index in [0.29, 0.717) is 0 Å². The molecule has 2 aliphatic heterocycles. The Morgan fingerprint density at radius 1 is 1.47 bits per heavy atom. The first-order chi connectivity index (χ1) is 7.18. The molecule has 2 heterocycles. The average Bonchev–Trinajstić information content (AvgIpc) is 2.22. The van der Waals surface area contributed by atoms with Crippen LogP contribution in [0.4, 0.5) is 0 Å². The summed E-state index contributed by atoms with van der Waals surface area (Å²) in [6, 6.07) is 0. The SMILES string of the molecule is CC1CN=C(NC2(C)CCOCC2)SC1. The van der Waals surface area contributed by atoms with Crippen molar-refractivity contribution in [2.45, 2.75) is 32.2 Å². The number of hydrogen-bond donors (Lipinski definition) is 1.